The summed E-state index contributed by atoms with van der Waals surface area (Å²) >= 11 is 0. The minimum atomic E-state index is 0.243. The molecule has 7 nitrogen and oxygen atoms in total. The largest absolute Gasteiger partial charge is 0.449 e. The Balaban J connectivity index is 2.21. The average Bonchev–Trinajstić information content (AvgIpc) is 2.66. The third-order valence-electron chi connectivity index (χ3n) is 1.86. The van der Waals surface area contributed by atoms with Gasteiger partial charge in [0, 0.05) is 7.11 Å². The van der Waals surface area contributed by atoms with Gasteiger partial charge in [0.05, 0.1) is 6.61 Å². The molecule has 0 aliphatic carbocycles. The molecule has 0 saturated heterocycles. The van der Waals surface area contributed by atoms with Gasteiger partial charge in [0.2, 0.25) is 5.52 Å². The number of nitrogens with one attached hydrogen (secondary N) is 2. The first kappa shape index (κ1) is 9.66. The van der Waals surface area contributed by atoms with E-state index in [1.807, 2.05) is 0 Å². The number of aromatic amines is 2. The third-order valence-corrected chi connectivity index (χ3v) is 1.86. The van der Waals surface area contributed by atoms with Crippen LogP contribution in [0.15, 0.2) is 6.33 Å². The molecule has 2 aromatic heterocycles. The van der Waals surface area contributed by atoms with Crippen LogP contribution in [0.4, 0.5) is 5.82 Å². The molecule has 2 aromatic rings. The second-order valence-electron chi connectivity index (χ2n) is 2.89. The van der Waals surface area contributed by atoms with Crippen LogP contribution < -0.4 is 15.5 Å². The molecular weight excluding hydrogens is 198 g/mol. The van der Waals surface area contributed by atoms with Crippen LogP contribution in [0.1, 0.15) is 0 Å². The zero-order valence-electron chi connectivity index (χ0n) is 8.28. The van der Waals surface area contributed by atoms with Crippen LogP contribution in [-0.4, -0.2) is 35.3 Å². The highest BCUT2D eigenvalue weighted by Crippen LogP contribution is 2.14. The van der Waals surface area contributed by atoms with Gasteiger partial charge in [-0.1, -0.05) is 0 Å². The Morgan fingerprint density at radius 2 is 2.33 bits per heavy atom. The maximum Gasteiger partial charge on any atom is 0.397 e. The number of H-pyrrole nitrogens is 2. The van der Waals surface area contributed by atoms with Gasteiger partial charge >= 0.3 is 11.7 Å². The lowest BCUT2D eigenvalue weighted by Gasteiger charge is -2.00. The van der Waals surface area contributed by atoms with Crippen LogP contribution in [0.3, 0.4) is 0 Å². The Morgan fingerprint density at radius 3 is 3.13 bits per heavy atom. The lowest BCUT2D eigenvalue weighted by molar-refractivity contribution is -0.347. The lowest BCUT2D eigenvalue weighted by Crippen LogP contribution is -2.09. The number of imidazole rings is 1. The molecule has 0 atom stereocenters. The quantitative estimate of drug-likeness (QED) is 0.655. The molecule has 0 saturated carbocycles. The van der Waals surface area contributed by atoms with E-state index in [4.69, 9.17) is 15.2 Å². The minimum absolute atomic E-state index is 0.243. The van der Waals surface area contributed by atoms with Crippen LogP contribution >= 0.6 is 0 Å². The van der Waals surface area contributed by atoms with Gasteiger partial charge in [-0.15, -0.1) is 0 Å². The number of aromatic nitrogens is 4. The topological polar surface area (TPSA) is 100 Å². The molecule has 80 valence electrons. The number of ether oxygens (including phenoxy) is 2. The standard InChI is InChI=1S/C8H11N5O2/c1-14-2-3-15-8-12-6(9)5-7(13-8)11-4-10-5/h4H,2-3H2,1H3,(H3,9,10,11,12,13)/p+1. The summed E-state index contributed by atoms with van der Waals surface area (Å²) in [7, 11) is 1.60. The predicted molar refractivity (Wildman–Crippen MR) is 52.2 cm³/mol. The number of nitrogens with two attached hydrogens (primary N) is 1. The van der Waals surface area contributed by atoms with Crippen molar-refractivity contribution in [2.75, 3.05) is 26.1 Å². The third kappa shape index (κ3) is 1.96. The van der Waals surface area contributed by atoms with E-state index in [0.29, 0.717) is 30.2 Å². The van der Waals surface area contributed by atoms with E-state index in [-0.39, 0.29) is 6.01 Å². The molecule has 0 aromatic carbocycles. The van der Waals surface area contributed by atoms with Gasteiger partial charge in [0.25, 0.3) is 0 Å². The van der Waals surface area contributed by atoms with Crippen molar-refractivity contribution in [2.45, 2.75) is 0 Å². The number of fused-ring (bicyclic) bond motifs is 1. The van der Waals surface area contributed by atoms with Crippen LogP contribution in [0, 0.1) is 0 Å². The summed E-state index contributed by atoms with van der Waals surface area (Å²) in [6, 6.07) is 0.243. The minimum Gasteiger partial charge on any atom is -0.449 e. The summed E-state index contributed by atoms with van der Waals surface area (Å²) in [6.07, 6.45) is 1.63. The van der Waals surface area contributed by atoms with E-state index in [2.05, 4.69) is 19.9 Å². The van der Waals surface area contributed by atoms with Gasteiger partial charge < -0.3 is 15.2 Å². The molecule has 0 fully saturated rings. The van der Waals surface area contributed by atoms with Crippen molar-refractivity contribution >= 4 is 17.0 Å². The fourth-order valence-corrected chi connectivity index (χ4v) is 1.16. The maximum atomic E-state index is 5.69. The summed E-state index contributed by atoms with van der Waals surface area (Å²) in [4.78, 5) is 13.9. The molecule has 7 heteroatoms. The molecule has 0 spiro atoms. The zero-order chi connectivity index (χ0) is 10.7. The highest BCUT2D eigenvalue weighted by Gasteiger charge is 2.13. The van der Waals surface area contributed by atoms with Crippen molar-refractivity contribution in [3.05, 3.63) is 6.33 Å². The summed E-state index contributed by atoms with van der Waals surface area (Å²) in [5.41, 5.74) is 6.99. The first-order valence-electron chi connectivity index (χ1n) is 4.45. The Hall–Kier alpha value is -1.89. The van der Waals surface area contributed by atoms with Crippen molar-refractivity contribution in [3.8, 4) is 6.01 Å². The number of hydrogen-bond donors (Lipinski definition) is 2. The molecule has 0 amide bonds. The number of nitrogen functional groups attached to an aromatic ring is 1. The van der Waals surface area contributed by atoms with E-state index in [1.54, 1.807) is 13.4 Å². The van der Waals surface area contributed by atoms with Crippen molar-refractivity contribution < 1.29 is 14.5 Å². The molecule has 15 heavy (non-hydrogen) atoms. The predicted octanol–water partition coefficient (Wildman–Crippen LogP) is -0.621. The smallest absolute Gasteiger partial charge is 0.397 e. The molecule has 0 radical (unpaired) electrons. The zero-order valence-corrected chi connectivity index (χ0v) is 8.28. The Morgan fingerprint density at radius 1 is 1.47 bits per heavy atom. The Kier molecular flexibility index (Phi) is 2.64. The molecule has 0 bridgehead atoms. The number of methoxy groups -OCH3 is 1. The first-order valence-corrected chi connectivity index (χ1v) is 4.45. The lowest BCUT2D eigenvalue weighted by atomic mass is 10.5. The van der Waals surface area contributed by atoms with Crippen LogP contribution in [0.2, 0.25) is 0 Å². The number of anilines is 1. The second-order valence-corrected chi connectivity index (χ2v) is 2.89. The highest BCUT2D eigenvalue weighted by atomic mass is 16.5. The van der Waals surface area contributed by atoms with Gasteiger partial charge in [-0.25, -0.2) is 4.98 Å². The van der Waals surface area contributed by atoms with Crippen LogP contribution in [0.25, 0.3) is 11.2 Å². The fraction of sp³-hybridized carbons (Fsp3) is 0.375. The SMILES string of the molecule is COCCOc1nc(N)c2[nH]c[nH+]c2n1. The molecule has 4 N–H and O–H groups in total. The van der Waals surface area contributed by atoms with E-state index in [1.165, 1.54) is 0 Å². The molecule has 0 aliphatic rings. The van der Waals surface area contributed by atoms with E-state index in [9.17, 15) is 0 Å². The van der Waals surface area contributed by atoms with E-state index < -0.39 is 0 Å². The van der Waals surface area contributed by atoms with Gasteiger partial charge in [-0.3, -0.25) is 4.98 Å². The van der Waals surface area contributed by atoms with Crippen LogP contribution in [0.5, 0.6) is 6.01 Å². The number of hydrogen-bond acceptors (Lipinski definition) is 5. The maximum absolute atomic E-state index is 5.69. The summed E-state index contributed by atoms with van der Waals surface area (Å²) in [6.45, 7) is 0.879. The van der Waals surface area contributed by atoms with Gasteiger partial charge in [-0.05, 0) is 4.98 Å². The van der Waals surface area contributed by atoms with E-state index >= 15 is 0 Å². The van der Waals surface area contributed by atoms with E-state index in [0.717, 1.165) is 0 Å². The monoisotopic (exact) mass is 210 g/mol. The number of rotatable bonds is 4. The van der Waals surface area contributed by atoms with Crippen LogP contribution in [-0.2, 0) is 4.74 Å². The molecule has 2 rings (SSSR count). The first-order chi connectivity index (χ1) is 7.31. The number of nitrogens with zero attached hydrogens (tertiary/aromatic N) is 2. The summed E-state index contributed by atoms with van der Waals surface area (Å²) < 4.78 is 10.1. The highest BCUT2D eigenvalue weighted by molar-refractivity contribution is 5.78. The Labute approximate surface area is 85.6 Å². The van der Waals surface area contributed by atoms with Crippen molar-refractivity contribution in [1.82, 2.24) is 15.0 Å². The molecule has 0 aliphatic heterocycles. The van der Waals surface area contributed by atoms with Gasteiger partial charge in [0.15, 0.2) is 12.1 Å². The van der Waals surface area contributed by atoms with Gasteiger partial charge in [-0.2, -0.15) is 4.98 Å². The molecule has 2 heterocycles. The average molecular weight is 210 g/mol. The van der Waals surface area contributed by atoms with Gasteiger partial charge in [0.1, 0.15) is 6.61 Å². The van der Waals surface area contributed by atoms with Crippen molar-refractivity contribution in [2.24, 2.45) is 0 Å². The molecule has 0 unspecified atom stereocenters. The van der Waals surface area contributed by atoms with Crippen molar-refractivity contribution in [3.63, 3.8) is 0 Å². The summed E-state index contributed by atoms with van der Waals surface area (Å²) in [5.74, 6) is 0.355. The summed E-state index contributed by atoms with van der Waals surface area (Å²) in [5, 5.41) is 0. The second kappa shape index (κ2) is 4.09. The Bertz CT molecular complexity index is 455. The van der Waals surface area contributed by atoms with Crippen molar-refractivity contribution in [1.29, 1.82) is 0 Å². The fourth-order valence-electron chi connectivity index (χ4n) is 1.16. The normalized spacial score (nSPS) is 10.7. The molecular formula is C8H12N5O2+.